The molecule has 112 valence electrons. The average Bonchev–Trinajstić information content (AvgIpc) is 2.45. The molecule has 5 heteroatoms. The molecule has 0 heterocycles. The van der Waals surface area contributed by atoms with Gasteiger partial charge in [-0.15, -0.1) is 0 Å². The number of hydrogen-bond donors (Lipinski definition) is 1. The molecule has 2 rings (SSSR count). The second-order valence-corrected chi connectivity index (χ2v) is 4.80. The molecule has 0 fully saturated rings. The van der Waals surface area contributed by atoms with E-state index in [0.29, 0.717) is 5.56 Å². The van der Waals surface area contributed by atoms with Gasteiger partial charge < -0.3 is 10.5 Å². The van der Waals surface area contributed by atoms with E-state index in [1.807, 2.05) is 0 Å². The zero-order valence-corrected chi connectivity index (χ0v) is 11.6. The molecule has 21 heavy (non-hydrogen) atoms. The maximum Gasteiger partial charge on any atom is 0.168 e. The highest BCUT2D eigenvalue weighted by Gasteiger charge is 2.16. The summed E-state index contributed by atoms with van der Waals surface area (Å²) in [6.45, 7) is 0. The van der Waals surface area contributed by atoms with Crippen molar-refractivity contribution >= 4 is 0 Å². The van der Waals surface area contributed by atoms with E-state index < -0.39 is 23.5 Å². The molecule has 0 saturated heterocycles. The minimum Gasteiger partial charge on any atom is -0.494 e. The fraction of sp³-hybridized carbons (Fsp3) is 0.250. The molecule has 0 aliphatic heterocycles. The zero-order valence-electron chi connectivity index (χ0n) is 11.6. The van der Waals surface area contributed by atoms with Gasteiger partial charge in [-0.05, 0) is 36.6 Å². The summed E-state index contributed by atoms with van der Waals surface area (Å²) < 4.78 is 46.0. The van der Waals surface area contributed by atoms with Gasteiger partial charge in [0.15, 0.2) is 11.6 Å². The normalized spacial score (nSPS) is 12.2. The summed E-state index contributed by atoms with van der Waals surface area (Å²) >= 11 is 0. The third-order valence-electron chi connectivity index (χ3n) is 3.27. The van der Waals surface area contributed by atoms with Crippen LogP contribution in [0.3, 0.4) is 0 Å². The van der Waals surface area contributed by atoms with Crippen molar-refractivity contribution in [1.82, 2.24) is 0 Å². The monoisotopic (exact) mass is 295 g/mol. The lowest BCUT2D eigenvalue weighted by atomic mass is 9.98. The molecular weight excluding hydrogens is 279 g/mol. The lowest BCUT2D eigenvalue weighted by Gasteiger charge is -2.14. The molecule has 0 bridgehead atoms. The first-order chi connectivity index (χ1) is 10.0. The standard InChI is InChI=1S/C16H16F3NO/c1-21-15-7-2-4-10(16(15)19)8-11(20)9-12-13(17)5-3-6-14(12)18/h2-7,11H,8-9,20H2,1H3. The van der Waals surface area contributed by atoms with Gasteiger partial charge in [-0.25, -0.2) is 13.2 Å². The van der Waals surface area contributed by atoms with Crippen LogP contribution in [0.2, 0.25) is 0 Å². The van der Waals surface area contributed by atoms with Crippen LogP contribution in [0.25, 0.3) is 0 Å². The summed E-state index contributed by atoms with van der Waals surface area (Å²) in [6.07, 6.45) is 0.159. The van der Waals surface area contributed by atoms with E-state index in [-0.39, 0.29) is 24.2 Å². The Morgan fingerprint density at radius 1 is 1.00 bits per heavy atom. The Bertz CT molecular complexity index is 611. The van der Waals surface area contributed by atoms with Crippen LogP contribution in [-0.4, -0.2) is 13.2 Å². The topological polar surface area (TPSA) is 35.2 Å². The molecule has 0 amide bonds. The minimum atomic E-state index is -0.642. The summed E-state index contributed by atoms with van der Waals surface area (Å²) in [5, 5.41) is 0. The number of benzene rings is 2. The molecule has 0 radical (unpaired) electrons. The first kappa shape index (κ1) is 15.4. The van der Waals surface area contributed by atoms with Gasteiger partial charge in [-0.3, -0.25) is 0 Å². The smallest absolute Gasteiger partial charge is 0.168 e. The quantitative estimate of drug-likeness (QED) is 0.919. The molecule has 0 saturated carbocycles. The van der Waals surface area contributed by atoms with E-state index in [1.54, 1.807) is 12.1 Å². The van der Waals surface area contributed by atoms with Gasteiger partial charge in [0.05, 0.1) is 7.11 Å². The highest BCUT2D eigenvalue weighted by atomic mass is 19.1. The summed E-state index contributed by atoms with van der Waals surface area (Å²) in [5.74, 6) is -1.66. The number of hydrogen-bond acceptors (Lipinski definition) is 2. The second-order valence-electron chi connectivity index (χ2n) is 4.80. The molecule has 2 aromatic carbocycles. The van der Waals surface area contributed by atoms with Crippen molar-refractivity contribution < 1.29 is 17.9 Å². The molecule has 1 atom stereocenters. The maximum absolute atomic E-state index is 14.0. The number of halogens is 3. The van der Waals surface area contributed by atoms with Crippen LogP contribution in [-0.2, 0) is 12.8 Å². The first-order valence-electron chi connectivity index (χ1n) is 6.52. The molecule has 0 spiro atoms. The summed E-state index contributed by atoms with van der Waals surface area (Å²) in [4.78, 5) is 0. The highest BCUT2D eigenvalue weighted by Crippen LogP contribution is 2.22. The van der Waals surface area contributed by atoms with Gasteiger partial charge in [0.25, 0.3) is 0 Å². The van der Waals surface area contributed by atoms with E-state index in [0.717, 1.165) is 0 Å². The predicted octanol–water partition coefficient (Wildman–Crippen LogP) is 3.23. The van der Waals surface area contributed by atoms with Gasteiger partial charge in [0.2, 0.25) is 0 Å². The highest BCUT2D eigenvalue weighted by molar-refractivity contribution is 5.32. The Balaban J connectivity index is 2.14. The second kappa shape index (κ2) is 6.63. The molecule has 0 aliphatic rings. The molecule has 0 aliphatic carbocycles. The van der Waals surface area contributed by atoms with Crippen molar-refractivity contribution in [2.75, 3.05) is 7.11 Å². The fourth-order valence-electron chi connectivity index (χ4n) is 2.22. The van der Waals surface area contributed by atoms with Gasteiger partial charge in [-0.2, -0.15) is 0 Å². The Morgan fingerprint density at radius 2 is 1.62 bits per heavy atom. The number of nitrogens with two attached hydrogens (primary N) is 1. The SMILES string of the molecule is COc1cccc(CC(N)Cc2c(F)cccc2F)c1F. The lowest BCUT2D eigenvalue weighted by molar-refractivity contribution is 0.383. The Morgan fingerprint density at radius 3 is 2.24 bits per heavy atom. The maximum atomic E-state index is 14.0. The van der Waals surface area contributed by atoms with Gasteiger partial charge in [0, 0.05) is 11.6 Å². The molecule has 2 N–H and O–H groups in total. The number of rotatable bonds is 5. The van der Waals surface area contributed by atoms with Crippen LogP contribution in [0.15, 0.2) is 36.4 Å². The van der Waals surface area contributed by atoms with Crippen LogP contribution < -0.4 is 10.5 Å². The van der Waals surface area contributed by atoms with Crippen LogP contribution in [0.4, 0.5) is 13.2 Å². The van der Waals surface area contributed by atoms with Gasteiger partial charge in [0.1, 0.15) is 11.6 Å². The molecular formula is C16H16F3NO. The van der Waals surface area contributed by atoms with Crippen molar-refractivity contribution in [3.8, 4) is 5.75 Å². The van der Waals surface area contributed by atoms with E-state index in [1.165, 1.54) is 31.4 Å². The summed E-state index contributed by atoms with van der Waals surface area (Å²) in [5.41, 5.74) is 6.18. The van der Waals surface area contributed by atoms with Gasteiger partial charge >= 0.3 is 0 Å². The first-order valence-corrected chi connectivity index (χ1v) is 6.52. The lowest BCUT2D eigenvalue weighted by Crippen LogP contribution is -2.27. The van der Waals surface area contributed by atoms with Crippen molar-refractivity contribution in [3.63, 3.8) is 0 Å². The fourth-order valence-corrected chi connectivity index (χ4v) is 2.22. The largest absolute Gasteiger partial charge is 0.494 e. The van der Waals surface area contributed by atoms with Crippen LogP contribution in [0.1, 0.15) is 11.1 Å². The number of ether oxygens (including phenoxy) is 1. The van der Waals surface area contributed by atoms with E-state index in [9.17, 15) is 13.2 Å². The molecule has 0 aromatic heterocycles. The van der Waals surface area contributed by atoms with Crippen molar-refractivity contribution in [2.45, 2.75) is 18.9 Å². The van der Waals surface area contributed by atoms with Crippen molar-refractivity contribution in [3.05, 3.63) is 65.0 Å². The van der Waals surface area contributed by atoms with Crippen LogP contribution >= 0.6 is 0 Å². The summed E-state index contributed by atoms with van der Waals surface area (Å²) in [6, 6.07) is 7.78. The van der Waals surface area contributed by atoms with Crippen LogP contribution in [0.5, 0.6) is 5.75 Å². The van der Waals surface area contributed by atoms with Crippen molar-refractivity contribution in [2.24, 2.45) is 5.73 Å². The Labute approximate surface area is 121 Å². The Hall–Kier alpha value is -2.01. The van der Waals surface area contributed by atoms with E-state index >= 15 is 0 Å². The third kappa shape index (κ3) is 3.55. The molecule has 1 unspecified atom stereocenters. The van der Waals surface area contributed by atoms with Crippen LogP contribution in [0, 0.1) is 17.5 Å². The van der Waals surface area contributed by atoms with E-state index in [2.05, 4.69) is 0 Å². The minimum absolute atomic E-state index is 0.00481. The molecule has 2 aromatic rings. The number of methoxy groups -OCH3 is 1. The zero-order chi connectivity index (χ0) is 15.4. The average molecular weight is 295 g/mol. The Kier molecular flexibility index (Phi) is 4.85. The predicted molar refractivity (Wildman–Crippen MR) is 74.7 cm³/mol. The third-order valence-corrected chi connectivity index (χ3v) is 3.27. The summed E-state index contributed by atoms with van der Waals surface area (Å²) in [7, 11) is 1.37. The van der Waals surface area contributed by atoms with E-state index in [4.69, 9.17) is 10.5 Å². The van der Waals surface area contributed by atoms with Crippen molar-refractivity contribution in [1.29, 1.82) is 0 Å². The molecule has 2 nitrogen and oxygen atoms in total. The van der Waals surface area contributed by atoms with Gasteiger partial charge in [-0.1, -0.05) is 18.2 Å².